The second kappa shape index (κ2) is 6.52. The van der Waals surface area contributed by atoms with Gasteiger partial charge in [-0.05, 0) is 37.5 Å². The van der Waals surface area contributed by atoms with E-state index in [1.54, 1.807) is 21.9 Å². The van der Waals surface area contributed by atoms with Crippen LogP contribution in [0.5, 0.6) is 11.7 Å². The summed E-state index contributed by atoms with van der Waals surface area (Å²) in [7, 11) is 1.84. The monoisotopic (exact) mass is 354 g/mol. The van der Waals surface area contributed by atoms with Gasteiger partial charge in [0.25, 0.3) is 11.9 Å². The molecule has 0 saturated carbocycles. The van der Waals surface area contributed by atoms with Gasteiger partial charge in [0, 0.05) is 32.7 Å². The number of likely N-dealkylation sites (tertiary alicyclic amines) is 2. The number of nitrogens with zero attached hydrogens (tertiary/aromatic N) is 2. The Labute approximate surface area is 152 Å². The number of piperidine rings is 1. The lowest BCUT2D eigenvalue weighted by Crippen LogP contribution is -2.48. The molecule has 6 nitrogen and oxygen atoms in total. The van der Waals surface area contributed by atoms with Gasteiger partial charge >= 0.3 is 0 Å². The van der Waals surface area contributed by atoms with Gasteiger partial charge in [-0.15, -0.1) is 0 Å². The highest BCUT2D eigenvalue weighted by atomic mass is 16.6. The number of para-hydroxylation sites is 1. The van der Waals surface area contributed by atoms with Gasteiger partial charge in [-0.3, -0.25) is 9.59 Å². The zero-order valence-corrected chi connectivity index (χ0v) is 14.8. The Kier molecular flexibility index (Phi) is 4.18. The van der Waals surface area contributed by atoms with Crippen molar-refractivity contribution in [2.45, 2.75) is 19.3 Å². The molecule has 0 N–H and O–H groups in total. The summed E-state index contributed by atoms with van der Waals surface area (Å²) in [5.74, 6) is 1.14. The van der Waals surface area contributed by atoms with Crippen LogP contribution in [0.4, 0.5) is 0 Å². The molecule has 1 atom stereocenters. The highest BCUT2D eigenvalue weighted by Crippen LogP contribution is 2.40. The van der Waals surface area contributed by atoms with E-state index < -0.39 is 5.41 Å². The number of carbonyl (C=O) groups is 2. The van der Waals surface area contributed by atoms with Gasteiger partial charge in [-0.2, -0.15) is 0 Å². The van der Waals surface area contributed by atoms with Gasteiger partial charge in [0.05, 0.1) is 5.41 Å². The van der Waals surface area contributed by atoms with E-state index >= 15 is 0 Å². The Morgan fingerprint density at radius 3 is 2.73 bits per heavy atom. The number of amides is 2. The summed E-state index contributed by atoms with van der Waals surface area (Å²) < 4.78 is 11.2. The van der Waals surface area contributed by atoms with Crippen molar-refractivity contribution in [3.63, 3.8) is 0 Å². The summed E-state index contributed by atoms with van der Waals surface area (Å²) in [6.45, 7) is 1.84. The van der Waals surface area contributed by atoms with Crippen LogP contribution in [0.25, 0.3) is 0 Å². The fraction of sp³-hybridized carbons (Fsp3) is 0.400. The van der Waals surface area contributed by atoms with Crippen LogP contribution >= 0.6 is 0 Å². The normalized spacial score (nSPS) is 22.9. The van der Waals surface area contributed by atoms with E-state index in [1.807, 2.05) is 37.4 Å². The number of rotatable bonds is 3. The summed E-state index contributed by atoms with van der Waals surface area (Å²) in [6, 6.07) is 12.5. The molecular formula is C20H22N2O4. The third kappa shape index (κ3) is 2.96. The Hall–Kier alpha value is -2.76. The molecule has 26 heavy (non-hydrogen) atoms. The minimum Gasteiger partial charge on any atom is -0.426 e. The molecule has 1 unspecified atom stereocenters. The minimum absolute atomic E-state index is 0.159. The lowest BCUT2D eigenvalue weighted by molar-refractivity contribution is -0.143. The fourth-order valence-corrected chi connectivity index (χ4v) is 3.94. The Morgan fingerprint density at radius 2 is 1.92 bits per heavy atom. The van der Waals surface area contributed by atoms with Crippen LogP contribution in [-0.4, -0.2) is 48.3 Å². The molecule has 0 radical (unpaired) electrons. The summed E-state index contributed by atoms with van der Waals surface area (Å²) in [5.41, 5.74) is -0.418. The van der Waals surface area contributed by atoms with Crippen molar-refractivity contribution in [1.29, 1.82) is 0 Å². The molecule has 3 heterocycles. The zero-order valence-electron chi connectivity index (χ0n) is 14.8. The number of carbonyl (C=O) groups excluding carboxylic acids is 2. The maximum atomic E-state index is 12.8. The van der Waals surface area contributed by atoms with Crippen LogP contribution in [0.3, 0.4) is 0 Å². The topological polar surface area (TPSA) is 63.0 Å². The average molecular weight is 354 g/mol. The molecule has 2 saturated heterocycles. The van der Waals surface area contributed by atoms with Crippen molar-refractivity contribution in [2.75, 3.05) is 26.7 Å². The number of hydrogen-bond donors (Lipinski definition) is 0. The van der Waals surface area contributed by atoms with Gasteiger partial charge in [-0.25, -0.2) is 0 Å². The van der Waals surface area contributed by atoms with E-state index in [1.165, 1.54) is 0 Å². The first-order valence-corrected chi connectivity index (χ1v) is 8.95. The summed E-state index contributed by atoms with van der Waals surface area (Å²) >= 11 is 0. The minimum atomic E-state index is -0.418. The third-order valence-corrected chi connectivity index (χ3v) is 5.34. The molecule has 136 valence electrons. The molecule has 4 rings (SSSR count). The fourth-order valence-electron chi connectivity index (χ4n) is 3.94. The largest absolute Gasteiger partial charge is 0.426 e. The molecule has 0 bridgehead atoms. The lowest BCUT2D eigenvalue weighted by atomic mass is 9.78. The first kappa shape index (κ1) is 16.7. The van der Waals surface area contributed by atoms with Crippen LogP contribution in [0.2, 0.25) is 0 Å². The zero-order chi connectivity index (χ0) is 18.1. The van der Waals surface area contributed by atoms with Crippen molar-refractivity contribution in [3.8, 4) is 11.7 Å². The first-order valence-electron chi connectivity index (χ1n) is 8.95. The molecule has 2 aliphatic heterocycles. The SMILES string of the molecule is CN1CCCC2(CCN(C(=O)c3ccc(Oc4ccccc4)o3)C2)C1=O. The highest BCUT2D eigenvalue weighted by Gasteiger charge is 2.48. The van der Waals surface area contributed by atoms with Crippen LogP contribution in [0, 0.1) is 5.41 Å². The van der Waals surface area contributed by atoms with Crippen molar-refractivity contribution in [2.24, 2.45) is 5.41 Å². The van der Waals surface area contributed by atoms with Crippen molar-refractivity contribution in [3.05, 3.63) is 48.2 Å². The Balaban J connectivity index is 1.45. The highest BCUT2D eigenvalue weighted by molar-refractivity contribution is 5.93. The second-order valence-electron chi connectivity index (χ2n) is 7.12. The summed E-state index contributed by atoms with van der Waals surface area (Å²) in [5, 5.41) is 0. The number of ether oxygens (including phenoxy) is 1. The molecule has 0 aliphatic carbocycles. The summed E-state index contributed by atoms with van der Waals surface area (Å²) in [4.78, 5) is 28.9. The van der Waals surface area contributed by atoms with Crippen LogP contribution < -0.4 is 4.74 Å². The molecule has 1 aromatic heterocycles. The lowest BCUT2D eigenvalue weighted by Gasteiger charge is -2.37. The van der Waals surface area contributed by atoms with E-state index in [0.717, 1.165) is 25.8 Å². The molecular weight excluding hydrogens is 332 g/mol. The molecule has 6 heteroatoms. The molecule has 2 aliphatic rings. The Bertz CT molecular complexity index is 816. The van der Waals surface area contributed by atoms with Gasteiger partial charge in [0.1, 0.15) is 5.75 Å². The predicted octanol–water partition coefficient (Wildman–Crippen LogP) is 3.16. The van der Waals surface area contributed by atoms with E-state index in [0.29, 0.717) is 18.8 Å². The molecule has 1 spiro atoms. The molecule has 1 aromatic carbocycles. The van der Waals surface area contributed by atoms with Gasteiger partial charge in [-0.1, -0.05) is 18.2 Å². The van der Waals surface area contributed by atoms with Gasteiger partial charge in [0.15, 0.2) is 5.76 Å². The van der Waals surface area contributed by atoms with E-state index in [4.69, 9.17) is 9.15 Å². The van der Waals surface area contributed by atoms with Crippen molar-refractivity contribution in [1.82, 2.24) is 9.80 Å². The van der Waals surface area contributed by atoms with Crippen LogP contribution in [0.15, 0.2) is 46.9 Å². The molecule has 2 fully saturated rings. The Morgan fingerprint density at radius 1 is 1.12 bits per heavy atom. The smallest absolute Gasteiger partial charge is 0.290 e. The number of hydrogen-bond acceptors (Lipinski definition) is 4. The molecule has 2 aromatic rings. The van der Waals surface area contributed by atoms with E-state index in [-0.39, 0.29) is 23.5 Å². The van der Waals surface area contributed by atoms with Gasteiger partial charge in [0.2, 0.25) is 5.91 Å². The maximum Gasteiger partial charge on any atom is 0.290 e. The standard InChI is InChI=1S/C20H22N2O4/c1-21-12-5-10-20(19(21)24)11-13-22(14-20)18(23)16-8-9-17(26-16)25-15-6-3-2-4-7-15/h2-4,6-9H,5,10-14H2,1H3. The van der Waals surface area contributed by atoms with Crippen molar-refractivity contribution >= 4 is 11.8 Å². The average Bonchev–Trinajstić information content (AvgIpc) is 3.28. The quantitative estimate of drug-likeness (QED) is 0.849. The van der Waals surface area contributed by atoms with Crippen LogP contribution in [-0.2, 0) is 4.79 Å². The van der Waals surface area contributed by atoms with E-state index in [9.17, 15) is 9.59 Å². The second-order valence-corrected chi connectivity index (χ2v) is 7.12. The van der Waals surface area contributed by atoms with E-state index in [2.05, 4.69) is 0 Å². The molecule has 2 amide bonds. The third-order valence-electron chi connectivity index (χ3n) is 5.34. The first-order chi connectivity index (χ1) is 12.6. The van der Waals surface area contributed by atoms with Gasteiger partial charge < -0.3 is 19.0 Å². The maximum absolute atomic E-state index is 12.8. The van der Waals surface area contributed by atoms with Crippen LogP contribution in [0.1, 0.15) is 29.8 Å². The number of benzene rings is 1. The number of furan rings is 1. The predicted molar refractivity (Wildman–Crippen MR) is 95.0 cm³/mol. The summed E-state index contributed by atoms with van der Waals surface area (Å²) in [6.07, 6.45) is 2.55. The van der Waals surface area contributed by atoms with Crippen molar-refractivity contribution < 1.29 is 18.7 Å².